The van der Waals surface area contributed by atoms with Gasteiger partial charge in [-0.15, -0.1) is 0 Å². The van der Waals surface area contributed by atoms with E-state index in [0.717, 1.165) is 51.1 Å². The highest BCUT2D eigenvalue weighted by Crippen LogP contribution is 2.36. The van der Waals surface area contributed by atoms with Crippen LogP contribution in [0.1, 0.15) is 88.1 Å². The molecule has 0 unspecified atom stereocenters. The van der Waals surface area contributed by atoms with Crippen molar-refractivity contribution in [3.63, 3.8) is 0 Å². The first-order chi connectivity index (χ1) is 23.9. The summed E-state index contributed by atoms with van der Waals surface area (Å²) in [4.78, 5) is 27.4. The number of anilines is 4. The summed E-state index contributed by atoms with van der Waals surface area (Å²) in [6.07, 6.45) is 6.46. The highest BCUT2D eigenvalue weighted by Gasteiger charge is 2.28. The minimum absolute atomic E-state index is 0.222. The number of hydrogen-bond acceptors (Lipinski definition) is 9. The number of H-pyrrole nitrogens is 1. The van der Waals surface area contributed by atoms with E-state index >= 15 is 0 Å². The van der Waals surface area contributed by atoms with E-state index in [0.29, 0.717) is 52.6 Å². The van der Waals surface area contributed by atoms with Crippen LogP contribution in [0.5, 0.6) is 0 Å². The van der Waals surface area contributed by atoms with Crippen molar-refractivity contribution in [3.8, 4) is 0 Å². The van der Waals surface area contributed by atoms with Crippen LogP contribution in [-0.4, -0.2) is 82.3 Å². The van der Waals surface area contributed by atoms with E-state index in [9.17, 15) is 13.2 Å². The van der Waals surface area contributed by atoms with Gasteiger partial charge in [-0.05, 0) is 120 Å². The number of fused-ring (bicyclic) bond motifs is 1. The minimum atomic E-state index is -3.55. The van der Waals surface area contributed by atoms with Crippen molar-refractivity contribution in [1.29, 1.82) is 0 Å². The first-order valence-electron chi connectivity index (χ1n) is 18.1. The van der Waals surface area contributed by atoms with Gasteiger partial charge in [0, 0.05) is 18.8 Å². The highest BCUT2D eigenvalue weighted by molar-refractivity contribution is 7.92. The molecule has 0 radical (unpaired) electrons. The molecule has 12 heteroatoms. The largest absolute Gasteiger partial charge is 0.342 e. The number of carbonyl (C=O) groups is 1. The van der Waals surface area contributed by atoms with Crippen LogP contribution >= 0.6 is 0 Å². The number of aromatic nitrogens is 4. The Labute approximate surface area is 296 Å². The molecular formula is C38H52N8O3S. The number of aromatic amines is 1. The monoisotopic (exact) mass is 700 g/mol. The average Bonchev–Trinajstić information content (AvgIpc) is 3.46. The molecule has 4 aromatic rings. The van der Waals surface area contributed by atoms with E-state index < -0.39 is 15.1 Å². The van der Waals surface area contributed by atoms with Gasteiger partial charge in [0.15, 0.2) is 15.5 Å². The van der Waals surface area contributed by atoms with Crippen molar-refractivity contribution in [2.24, 2.45) is 5.92 Å². The number of benzene rings is 2. The zero-order valence-corrected chi connectivity index (χ0v) is 31.2. The van der Waals surface area contributed by atoms with Crippen LogP contribution in [0.3, 0.4) is 0 Å². The van der Waals surface area contributed by atoms with Crippen molar-refractivity contribution < 1.29 is 13.2 Å². The molecule has 3 N–H and O–H groups in total. The molecule has 2 aliphatic heterocycles. The predicted octanol–water partition coefficient (Wildman–Crippen LogP) is 7.03. The molecule has 6 rings (SSSR count). The number of carbonyl (C=O) groups excluding carboxylic acids is 1. The molecule has 0 aliphatic carbocycles. The van der Waals surface area contributed by atoms with Gasteiger partial charge in [0.2, 0.25) is 11.9 Å². The highest BCUT2D eigenvalue weighted by atomic mass is 32.2. The maximum Gasteiger partial charge on any atom is 0.236 e. The lowest BCUT2D eigenvalue weighted by Crippen LogP contribution is -2.45. The normalized spacial score (nSPS) is 16.4. The molecule has 1 amide bonds. The molecule has 0 saturated carbocycles. The summed E-state index contributed by atoms with van der Waals surface area (Å²) < 4.78 is 26.5. The third-order valence-corrected chi connectivity index (χ3v) is 12.3. The van der Waals surface area contributed by atoms with Crippen LogP contribution in [0.25, 0.3) is 11.0 Å². The fourth-order valence-corrected chi connectivity index (χ4v) is 8.53. The Morgan fingerprint density at radius 1 is 0.940 bits per heavy atom. The number of hydrogen-bond donors (Lipinski definition) is 3. The van der Waals surface area contributed by atoms with Crippen LogP contribution in [-0.2, 0) is 21.1 Å². The van der Waals surface area contributed by atoms with Gasteiger partial charge in [-0.3, -0.25) is 14.8 Å². The van der Waals surface area contributed by atoms with E-state index in [4.69, 9.17) is 9.97 Å². The second kappa shape index (κ2) is 15.1. The van der Waals surface area contributed by atoms with Crippen molar-refractivity contribution in [1.82, 2.24) is 30.0 Å². The molecule has 0 spiro atoms. The number of para-hydroxylation sites is 1. The van der Waals surface area contributed by atoms with E-state index in [1.807, 2.05) is 6.92 Å². The first kappa shape index (κ1) is 35.8. The average molecular weight is 701 g/mol. The van der Waals surface area contributed by atoms with Crippen LogP contribution in [0.15, 0.2) is 41.3 Å². The number of likely N-dealkylation sites (tertiary alicyclic amines) is 2. The zero-order valence-electron chi connectivity index (χ0n) is 30.3. The smallest absolute Gasteiger partial charge is 0.236 e. The topological polar surface area (TPSA) is 136 Å². The zero-order chi connectivity index (χ0) is 35.6. The second-order valence-corrected chi connectivity index (χ2v) is 17.2. The summed E-state index contributed by atoms with van der Waals surface area (Å²) in [6, 6.07) is 11.5. The standard InChI is InChI=1S/C38H52N8O3S/c1-24(2)20-29-22-30(28-14-18-46(19-15-28)34(47)23-45-16-10-7-11-17-45)26(5)21-32(29)40-38-41-36(35-27(6)43-44-37(35)42-38)39-31-12-8-9-13-33(31)50(48,49)25(3)4/h8-9,12-13,21-22,24-25,28H,7,10-11,14-20,23H2,1-6H3,(H3,39,40,41,42,43,44). The molecule has 50 heavy (non-hydrogen) atoms. The van der Waals surface area contributed by atoms with Gasteiger partial charge in [-0.2, -0.15) is 15.1 Å². The minimum Gasteiger partial charge on any atom is -0.342 e. The summed E-state index contributed by atoms with van der Waals surface area (Å²) in [7, 11) is -3.55. The molecule has 2 aromatic heterocycles. The Balaban J connectivity index is 1.25. The maximum absolute atomic E-state index is 13.2. The number of aryl methyl sites for hydroxylation is 2. The number of amides is 1. The Morgan fingerprint density at radius 3 is 2.36 bits per heavy atom. The van der Waals surface area contributed by atoms with Gasteiger partial charge in [0.25, 0.3) is 0 Å². The van der Waals surface area contributed by atoms with Gasteiger partial charge >= 0.3 is 0 Å². The van der Waals surface area contributed by atoms with Gasteiger partial charge in [-0.25, -0.2) is 8.42 Å². The lowest BCUT2D eigenvalue weighted by molar-refractivity contribution is -0.133. The van der Waals surface area contributed by atoms with Crippen LogP contribution in [0.2, 0.25) is 0 Å². The number of nitrogens with zero attached hydrogens (tertiary/aromatic N) is 5. The lowest BCUT2D eigenvalue weighted by atomic mass is 9.84. The number of nitrogens with one attached hydrogen (secondary N) is 3. The van der Waals surface area contributed by atoms with E-state index in [1.165, 1.54) is 36.0 Å². The summed E-state index contributed by atoms with van der Waals surface area (Å²) in [5.74, 6) is 1.94. The van der Waals surface area contributed by atoms with E-state index in [1.54, 1.807) is 38.1 Å². The Hall–Kier alpha value is -4.03. The van der Waals surface area contributed by atoms with Crippen LogP contribution < -0.4 is 10.6 Å². The predicted molar refractivity (Wildman–Crippen MR) is 200 cm³/mol. The molecule has 0 atom stereocenters. The van der Waals surface area contributed by atoms with Gasteiger partial charge in [0.05, 0.1) is 33.5 Å². The Bertz CT molecular complexity index is 1940. The van der Waals surface area contributed by atoms with Crippen molar-refractivity contribution >= 4 is 49.9 Å². The first-order valence-corrected chi connectivity index (χ1v) is 19.7. The number of sulfone groups is 1. The molecule has 2 aromatic carbocycles. The molecule has 2 aliphatic rings. The number of rotatable bonds is 11. The van der Waals surface area contributed by atoms with Gasteiger partial charge in [0.1, 0.15) is 5.82 Å². The molecule has 11 nitrogen and oxygen atoms in total. The second-order valence-electron chi connectivity index (χ2n) is 14.7. The number of piperidine rings is 2. The SMILES string of the molecule is Cc1cc(Nc2nc(Nc3ccccc3S(=O)(=O)C(C)C)c3c(C)n[nH]c3n2)c(CC(C)C)cc1C1CCN(C(=O)CN2CCCCC2)CC1. The van der Waals surface area contributed by atoms with Gasteiger partial charge < -0.3 is 15.5 Å². The summed E-state index contributed by atoms with van der Waals surface area (Å²) in [5.41, 5.74) is 6.39. The quantitative estimate of drug-likeness (QED) is 0.151. The lowest BCUT2D eigenvalue weighted by Gasteiger charge is -2.35. The Kier molecular flexibility index (Phi) is 10.8. The summed E-state index contributed by atoms with van der Waals surface area (Å²) in [6.45, 7) is 16.0. The van der Waals surface area contributed by atoms with Crippen LogP contribution in [0.4, 0.5) is 23.1 Å². The third-order valence-electron chi connectivity index (χ3n) is 10.1. The van der Waals surface area contributed by atoms with Crippen LogP contribution in [0, 0.1) is 19.8 Å². The Morgan fingerprint density at radius 2 is 1.66 bits per heavy atom. The van der Waals surface area contributed by atoms with E-state index in [-0.39, 0.29) is 10.8 Å². The molecular weight excluding hydrogens is 649 g/mol. The summed E-state index contributed by atoms with van der Waals surface area (Å²) in [5, 5.41) is 14.4. The third kappa shape index (κ3) is 7.81. The fraction of sp³-hybridized carbons (Fsp3) is 0.526. The maximum atomic E-state index is 13.2. The van der Waals surface area contributed by atoms with Gasteiger partial charge in [-0.1, -0.05) is 38.5 Å². The molecule has 268 valence electrons. The van der Waals surface area contributed by atoms with Crippen molar-refractivity contribution in [2.75, 3.05) is 43.4 Å². The fourth-order valence-electron chi connectivity index (χ4n) is 7.33. The molecule has 4 heterocycles. The van der Waals surface area contributed by atoms with E-state index in [2.05, 4.69) is 63.5 Å². The molecule has 2 fully saturated rings. The van der Waals surface area contributed by atoms with Crippen molar-refractivity contribution in [3.05, 3.63) is 58.8 Å². The molecule has 2 saturated heterocycles. The van der Waals surface area contributed by atoms with Crippen molar-refractivity contribution in [2.45, 2.75) is 96.1 Å². The summed E-state index contributed by atoms with van der Waals surface area (Å²) >= 11 is 0. The molecule has 0 bridgehead atoms.